The summed E-state index contributed by atoms with van der Waals surface area (Å²) in [5.41, 5.74) is 3.17. The lowest BCUT2D eigenvalue weighted by Gasteiger charge is -2.22. The summed E-state index contributed by atoms with van der Waals surface area (Å²) in [7, 11) is 0. The highest BCUT2D eigenvalue weighted by Gasteiger charge is 2.30. The van der Waals surface area contributed by atoms with Crippen LogP contribution in [0.4, 0.5) is 0 Å². The van der Waals surface area contributed by atoms with Crippen molar-refractivity contribution in [2.45, 2.75) is 43.7 Å². The minimum absolute atomic E-state index is 0.0878. The second-order valence-electron chi connectivity index (χ2n) is 7.77. The number of carbonyl (C=O) groups excluding carboxylic acids is 1. The molecule has 0 radical (unpaired) electrons. The number of ether oxygens (including phenoxy) is 1. The Morgan fingerprint density at radius 2 is 1.87 bits per heavy atom. The van der Waals surface area contributed by atoms with Crippen LogP contribution in [0.3, 0.4) is 0 Å². The second-order valence-corrected chi connectivity index (χ2v) is 8.84. The Balaban J connectivity index is 1.51. The maximum Gasteiger partial charge on any atom is 0.240 e. The summed E-state index contributed by atoms with van der Waals surface area (Å²) < 4.78 is 7.32. The Labute approximate surface area is 186 Å². The number of aromatic nitrogens is 3. The number of hydrogen-bond acceptors (Lipinski definition) is 6. The van der Waals surface area contributed by atoms with Gasteiger partial charge in [0.2, 0.25) is 11.1 Å². The molecule has 1 aliphatic heterocycles. The molecular weight excluding hydrogens is 410 g/mol. The Morgan fingerprint density at radius 3 is 2.58 bits per heavy atom. The normalized spacial score (nSPS) is 14.6. The second kappa shape index (κ2) is 9.43. The molecule has 2 heterocycles. The summed E-state index contributed by atoms with van der Waals surface area (Å²) in [6.07, 6.45) is 2.09. The van der Waals surface area contributed by atoms with Gasteiger partial charge in [0.1, 0.15) is 17.6 Å². The molecule has 1 aromatic heterocycles. The first-order valence-corrected chi connectivity index (χ1v) is 11.3. The molecule has 31 heavy (non-hydrogen) atoms. The number of likely N-dealkylation sites (tertiary alicyclic amines) is 1. The maximum atomic E-state index is 13.2. The summed E-state index contributed by atoms with van der Waals surface area (Å²) in [4.78, 5) is 15.1. The zero-order valence-corrected chi connectivity index (χ0v) is 18.6. The fourth-order valence-electron chi connectivity index (χ4n) is 3.69. The van der Waals surface area contributed by atoms with Gasteiger partial charge in [-0.25, -0.2) is 4.68 Å². The molecule has 1 atom stereocenters. The van der Waals surface area contributed by atoms with Gasteiger partial charge in [-0.1, -0.05) is 59.8 Å². The van der Waals surface area contributed by atoms with E-state index in [0.717, 1.165) is 42.8 Å². The molecular formula is C23H27N5O2S. The molecule has 0 spiro atoms. The zero-order valence-electron chi connectivity index (χ0n) is 17.8. The van der Waals surface area contributed by atoms with Gasteiger partial charge >= 0.3 is 0 Å². The smallest absolute Gasteiger partial charge is 0.240 e. The molecule has 4 rings (SSSR count). The lowest BCUT2D eigenvalue weighted by molar-refractivity contribution is -0.129. The van der Waals surface area contributed by atoms with E-state index in [0.29, 0.717) is 11.0 Å². The molecule has 0 aliphatic carbocycles. The monoisotopic (exact) mass is 437 g/mol. The van der Waals surface area contributed by atoms with Crippen molar-refractivity contribution in [2.75, 3.05) is 18.9 Å². The molecule has 2 aromatic carbocycles. The predicted octanol–water partition coefficient (Wildman–Crippen LogP) is 3.64. The zero-order chi connectivity index (χ0) is 21.8. The van der Waals surface area contributed by atoms with E-state index in [1.807, 2.05) is 61.2 Å². The van der Waals surface area contributed by atoms with Crippen molar-refractivity contribution < 1.29 is 9.53 Å². The number of nitrogens with two attached hydrogens (primary N) is 1. The highest BCUT2D eigenvalue weighted by molar-refractivity contribution is 8.00. The van der Waals surface area contributed by atoms with E-state index in [1.165, 1.54) is 22.0 Å². The molecule has 162 valence electrons. The average molecular weight is 438 g/mol. The number of aryl methyl sites for hydroxylation is 2. The van der Waals surface area contributed by atoms with Crippen molar-refractivity contribution in [3.05, 3.63) is 71.0 Å². The standard InChI is InChI=1S/C23H27N5O2S/c1-16-10-11-19(17(2)14-16)30-15-20-25-26-23(28(20)24)31-21(18-8-4-3-5-9-18)22(29)27-12-6-7-13-27/h3-5,8-11,14,21H,6-7,12-13,15,24H2,1-2H3/t21-/m1/s1. The molecule has 7 nitrogen and oxygen atoms in total. The van der Waals surface area contributed by atoms with E-state index in [1.54, 1.807) is 0 Å². The molecule has 2 N–H and O–H groups in total. The van der Waals surface area contributed by atoms with E-state index in [-0.39, 0.29) is 12.5 Å². The number of thioether (sulfide) groups is 1. The van der Waals surface area contributed by atoms with Gasteiger partial charge in [-0.2, -0.15) is 0 Å². The van der Waals surface area contributed by atoms with Gasteiger partial charge in [0.05, 0.1) is 0 Å². The quantitative estimate of drug-likeness (QED) is 0.449. The average Bonchev–Trinajstić information content (AvgIpc) is 3.42. The van der Waals surface area contributed by atoms with Gasteiger partial charge in [-0.05, 0) is 43.9 Å². The van der Waals surface area contributed by atoms with Crippen LogP contribution in [0, 0.1) is 13.8 Å². The number of amides is 1. The van der Waals surface area contributed by atoms with E-state index in [2.05, 4.69) is 16.3 Å². The van der Waals surface area contributed by atoms with E-state index < -0.39 is 5.25 Å². The fraction of sp³-hybridized carbons (Fsp3) is 0.348. The van der Waals surface area contributed by atoms with Crippen LogP contribution in [0.5, 0.6) is 5.75 Å². The van der Waals surface area contributed by atoms with Crippen molar-refractivity contribution in [1.82, 2.24) is 19.8 Å². The van der Waals surface area contributed by atoms with Gasteiger partial charge < -0.3 is 15.5 Å². The number of nitrogens with zero attached hydrogens (tertiary/aromatic N) is 4. The van der Waals surface area contributed by atoms with Gasteiger partial charge in [-0.3, -0.25) is 4.79 Å². The minimum atomic E-state index is -0.418. The third-order valence-electron chi connectivity index (χ3n) is 5.39. The molecule has 3 aromatic rings. The van der Waals surface area contributed by atoms with Crippen molar-refractivity contribution in [2.24, 2.45) is 0 Å². The van der Waals surface area contributed by atoms with Gasteiger partial charge in [0.15, 0.2) is 5.82 Å². The topological polar surface area (TPSA) is 86.3 Å². The molecule has 0 saturated carbocycles. The number of carbonyl (C=O) groups is 1. The Bertz CT molecular complexity index is 1050. The summed E-state index contributed by atoms with van der Waals surface area (Å²) >= 11 is 1.33. The lowest BCUT2D eigenvalue weighted by Crippen LogP contribution is -2.31. The van der Waals surface area contributed by atoms with Crippen LogP contribution in [-0.4, -0.2) is 38.8 Å². The van der Waals surface area contributed by atoms with E-state index in [4.69, 9.17) is 10.6 Å². The summed E-state index contributed by atoms with van der Waals surface area (Å²) in [5.74, 6) is 7.65. The molecule has 1 fully saturated rings. The molecule has 0 bridgehead atoms. The lowest BCUT2D eigenvalue weighted by atomic mass is 10.1. The highest BCUT2D eigenvalue weighted by atomic mass is 32.2. The van der Waals surface area contributed by atoms with Crippen LogP contribution >= 0.6 is 11.8 Å². The molecule has 8 heteroatoms. The molecule has 1 amide bonds. The first-order valence-electron chi connectivity index (χ1n) is 10.4. The summed E-state index contributed by atoms with van der Waals surface area (Å²) in [5, 5.41) is 8.51. The first-order chi connectivity index (χ1) is 15.0. The van der Waals surface area contributed by atoms with E-state index in [9.17, 15) is 4.79 Å². The summed E-state index contributed by atoms with van der Waals surface area (Å²) in [6.45, 7) is 5.85. The molecule has 1 saturated heterocycles. The van der Waals surface area contributed by atoms with Crippen LogP contribution in [0.2, 0.25) is 0 Å². The Hall–Kier alpha value is -3.00. The van der Waals surface area contributed by atoms with Crippen molar-refractivity contribution in [1.29, 1.82) is 0 Å². The number of benzene rings is 2. The first kappa shape index (κ1) is 21.2. The van der Waals surface area contributed by atoms with E-state index >= 15 is 0 Å². The van der Waals surface area contributed by atoms with Crippen LogP contribution in [-0.2, 0) is 11.4 Å². The predicted molar refractivity (Wildman–Crippen MR) is 121 cm³/mol. The van der Waals surface area contributed by atoms with Crippen LogP contribution in [0.15, 0.2) is 53.7 Å². The Kier molecular flexibility index (Phi) is 6.46. The largest absolute Gasteiger partial charge is 0.485 e. The van der Waals surface area contributed by atoms with Crippen molar-refractivity contribution in [3.63, 3.8) is 0 Å². The fourth-order valence-corrected chi connectivity index (χ4v) is 4.75. The highest BCUT2D eigenvalue weighted by Crippen LogP contribution is 2.36. The minimum Gasteiger partial charge on any atom is -0.485 e. The van der Waals surface area contributed by atoms with Crippen LogP contribution in [0.1, 0.15) is 40.6 Å². The molecule has 0 unspecified atom stereocenters. The number of nitrogen functional groups attached to an aromatic ring is 1. The van der Waals surface area contributed by atoms with Crippen LogP contribution < -0.4 is 10.6 Å². The maximum absolute atomic E-state index is 13.2. The third kappa shape index (κ3) is 4.85. The number of rotatable bonds is 7. The third-order valence-corrected chi connectivity index (χ3v) is 6.59. The van der Waals surface area contributed by atoms with Crippen molar-refractivity contribution >= 4 is 17.7 Å². The van der Waals surface area contributed by atoms with Crippen LogP contribution in [0.25, 0.3) is 0 Å². The number of hydrogen-bond donors (Lipinski definition) is 1. The van der Waals surface area contributed by atoms with Crippen molar-refractivity contribution in [3.8, 4) is 5.75 Å². The van der Waals surface area contributed by atoms with Gasteiger partial charge in [-0.15, -0.1) is 10.2 Å². The van der Waals surface area contributed by atoms with Gasteiger partial charge in [0, 0.05) is 13.1 Å². The SMILES string of the molecule is Cc1ccc(OCc2nnc(S[C@@H](C(=O)N3CCCC3)c3ccccc3)n2N)c(C)c1. The Morgan fingerprint density at radius 1 is 1.13 bits per heavy atom. The summed E-state index contributed by atoms with van der Waals surface area (Å²) in [6, 6.07) is 15.8. The molecule has 1 aliphatic rings. The van der Waals surface area contributed by atoms with Gasteiger partial charge in [0.25, 0.3) is 0 Å².